The lowest BCUT2D eigenvalue weighted by Crippen LogP contribution is -2.11. The summed E-state index contributed by atoms with van der Waals surface area (Å²) in [6.45, 7) is 1.54. The Kier molecular flexibility index (Phi) is 3.27. The van der Waals surface area contributed by atoms with E-state index in [2.05, 4.69) is 5.32 Å². The van der Waals surface area contributed by atoms with Crippen molar-refractivity contribution in [2.45, 2.75) is 13.0 Å². The van der Waals surface area contributed by atoms with Gasteiger partial charge in [-0.05, 0) is 19.1 Å². The molecule has 1 atom stereocenters. The monoisotopic (exact) mass is 259 g/mol. The molecule has 1 aromatic heterocycles. The SMILES string of the molecule is CC(Nc1c(F)c(F)cc(F)c1F)c1ccco1. The molecule has 0 aliphatic heterocycles. The summed E-state index contributed by atoms with van der Waals surface area (Å²) in [5.41, 5.74) is -0.851. The van der Waals surface area contributed by atoms with Gasteiger partial charge in [-0.2, -0.15) is 0 Å². The van der Waals surface area contributed by atoms with Crippen LogP contribution in [0.3, 0.4) is 0 Å². The van der Waals surface area contributed by atoms with E-state index in [1.807, 2.05) is 0 Å². The van der Waals surface area contributed by atoms with E-state index in [9.17, 15) is 17.6 Å². The van der Waals surface area contributed by atoms with Gasteiger partial charge in [0.2, 0.25) is 0 Å². The molecule has 1 aromatic carbocycles. The van der Waals surface area contributed by atoms with Crippen LogP contribution in [0.2, 0.25) is 0 Å². The topological polar surface area (TPSA) is 25.2 Å². The maximum absolute atomic E-state index is 13.4. The highest BCUT2D eigenvalue weighted by molar-refractivity contribution is 5.48. The van der Waals surface area contributed by atoms with Crippen molar-refractivity contribution in [3.8, 4) is 0 Å². The fourth-order valence-electron chi connectivity index (χ4n) is 1.53. The third-order valence-corrected chi connectivity index (χ3v) is 2.44. The van der Waals surface area contributed by atoms with Crippen LogP contribution >= 0.6 is 0 Å². The van der Waals surface area contributed by atoms with Crippen LogP contribution in [0.4, 0.5) is 23.2 Å². The quantitative estimate of drug-likeness (QED) is 0.665. The van der Waals surface area contributed by atoms with Gasteiger partial charge in [-0.1, -0.05) is 0 Å². The Morgan fingerprint density at radius 3 is 2.22 bits per heavy atom. The van der Waals surface area contributed by atoms with Gasteiger partial charge in [-0.25, -0.2) is 17.6 Å². The van der Waals surface area contributed by atoms with E-state index in [0.29, 0.717) is 5.76 Å². The van der Waals surface area contributed by atoms with Crippen LogP contribution in [0.5, 0.6) is 0 Å². The highest BCUT2D eigenvalue weighted by Crippen LogP contribution is 2.28. The fourth-order valence-corrected chi connectivity index (χ4v) is 1.53. The average molecular weight is 259 g/mol. The van der Waals surface area contributed by atoms with E-state index in [1.54, 1.807) is 19.1 Å². The van der Waals surface area contributed by atoms with E-state index in [4.69, 9.17) is 4.42 Å². The molecule has 0 bridgehead atoms. The zero-order valence-electron chi connectivity index (χ0n) is 9.31. The van der Waals surface area contributed by atoms with Gasteiger partial charge in [0.15, 0.2) is 23.3 Å². The number of hydrogen-bond acceptors (Lipinski definition) is 2. The van der Waals surface area contributed by atoms with Crippen molar-refractivity contribution in [1.29, 1.82) is 0 Å². The number of nitrogens with one attached hydrogen (secondary N) is 1. The third-order valence-electron chi connectivity index (χ3n) is 2.44. The number of anilines is 1. The molecule has 2 aromatic rings. The molecule has 0 aliphatic carbocycles. The van der Waals surface area contributed by atoms with Gasteiger partial charge in [0.1, 0.15) is 11.4 Å². The Bertz CT molecular complexity index is 527. The predicted octanol–water partition coefficient (Wildman–Crippen LogP) is 4.01. The first-order chi connectivity index (χ1) is 8.50. The molecule has 6 heteroatoms. The van der Waals surface area contributed by atoms with Crippen molar-refractivity contribution in [3.05, 3.63) is 53.5 Å². The zero-order valence-corrected chi connectivity index (χ0v) is 9.31. The predicted molar refractivity (Wildman–Crippen MR) is 57.0 cm³/mol. The smallest absolute Gasteiger partial charge is 0.185 e. The molecule has 1 N–H and O–H groups in total. The van der Waals surface area contributed by atoms with Crippen LogP contribution in [0, 0.1) is 23.3 Å². The van der Waals surface area contributed by atoms with Crippen LogP contribution < -0.4 is 5.32 Å². The lowest BCUT2D eigenvalue weighted by molar-refractivity contribution is 0.451. The van der Waals surface area contributed by atoms with Crippen LogP contribution in [-0.4, -0.2) is 0 Å². The molecule has 18 heavy (non-hydrogen) atoms. The van der Waals surface area contributed by atoms with Gasteiger partial charge >= 0.3 is 0 Å². The molecular weight excluding hydrogens is 250 g/mol. The zero-order chi connectivity index (χ0) is 13.3. The number of furan rings is 1. The lowest BCUT2D eigenvalue weighted by Gasteiger charge is -2.14. The van der Waals surface area contributed by atoms with Crippen molar-refractivity contribution in [3.63, 3.8) is 0 Å². The van der Waals surface area contributed by atoms with Gasteiger partial charge in [0.25, 0.3) is 0 Å². The summed E-state index contributed by atoms with van der Waals surface area (Å²) in [5.74, 6) is -5.45. The first-order valence-electron chi connectivity index (χ1n) is 5.13. The second-order valence-corrected chi connectivity index (χ2v) is 3.72. The summed E-state index contributed by atoms with van der Waals surface area (Å²) >= 11 is 0. The first-order valence-corrected chi connectivity index (χ1v) is 5.13. The minimum atomic E-state index is -1.47. The molecule has 1 unspecified atom stereocenters. The van der Waals surface area contributed by atoms with E-state index >= 15 is 0 Å². The minimum absolute atomic E-state index is 0.160. The summed E-state index contributed by atoms with van der Waals surface area (Å²) < 4.78 is 57.7. The minimum Gasteiger partial charge on any atom is -0.467 e. The summed E-state index contributed by atoms with van der Waals surface area (Å²) in [4.78, 5) is 0. The van der Waals surface area contributed by atoms with Crippen molar-refractivity contribution in [2.75, 3.05) is 5.32 Å². The maximum atomic E-state index is 13.4. The molecule has 2 rings (SSSR count). The molecule has 96 valence electrons. The highest BCUT2D eigenvalue weighted by Gasteiger charge is 2.21. The molecule has 0 radical (unpaired) electrons. The molecule has 0 spiro atoms. The van der Waals surface area contributed by atoms with E-state index in [-0.39, 0.29) is 6.07 Å². The van der Waals surface area contributed by atoms with Crippen molar-refractivity contribution in [2.24, 2.45) is 0 Å². The number of rotatable bonds is 3. The maximum Gasteiger partial charge on any atom is 0.185 e. The van der Waals surface area contributed by atoms with Crippen LogP contribution in [0.15, 0.2) is 28.9 Å². The summed E-state index contributed by atoms with van der Waals surface area (Å²) in [6.07, 6.45) is 1.38. The van der Waals surface area contributed by atoms with Gasteiger partial charge in [0.05, 0.1) is 12.3 Å². The normalized spacial score (nSPS) is 12.5. The first kappa shape index (κ1) is 12.5. The molecule has 0 fully saturated rings. The highest BCUT2D eigenvalue weighted by atomic mass is 19.2. The number of hydrogen-bond donors (Lipinski definition) is 1. The average Bonchev–Trinajstić information content (AvgIpc) is 2.85. The largest absolute Gasteiger partial charge is 0.467 e. The van der Waals surface area contributed by atoms with Crippen LogP contribution in [-0.2, 0) is 0 Å². The molecule has 0 saturated carbocycles. The Morgan fingerprint density at radius 2 is 1.72 bits per heavy atom. The van der Waals surface area contributed by atoms with Crippen molar-refractivity contribution >= 4 is 5.69 Å². The van der Waals surface area contributed by atoms with Crippen molar-refractivity contribution in [1.82, 2.24) is 0 Å². The van der Waals surface area contributed by atoms with Gasteiger partial charge < -0.3 is 9.73 Å². The summed E-state index contributed by atoms with van der Waals surface area (Å²) in [7, 11) is 0. The Hall–Kier alpha value is -1.98. The van der Waals surface area contributed by atoms with E-state index < -0.39 is 35.0 Å². The fraction of sp³-hybridized carbons (Fsp3) is 0.167. The molecular formula is C12H9F4NO. The second-order valence-electron chi connectivity index (χ2n) is 3.72. The molecule has 0 amide bonds. The number of benzene rings is 1. The lowest BCUT2D eigenvalue weighted by atomic mass is 10.2. The van der Waals surface area contributed by atoms with Crippen LogP contribution in [0.1, 0.15) is 18.7 Å². The Labute approximate surface area is 100 Å². The van der Waals surface area contributed by atoms with Gasteiger partial charge in [-0.3, -0.25) is 0 Å². The Morgan fingerprint density at radius 1 is 1.11 bits per heavy atom. The Balaban J connectivity index is 2.34. The van der Waals surface area contributed by atoms with Gasteiger partial charge in [0, 0.05) is 6.07 Å². The van der Waals surface area contributed by atoms with Gasteiger partial charge in [-0.15, -0.1) is 0 Å². The standard InChI is InChI=1S/C12H9F4NO/c1-6(9-3-2-4-18-9)17-12-10(15)7(13)5-8(14)11(12)16/h2-6,17H,1H3. The number of halogens is 4. The molecule has 2 nitrogen and oxygen atoms in total. The van der Waals surface area contributed by atoms with Crippen molar-refractivity contribution < 1.29 is 22.0 Å². The molecule has 0 aliphatic rings. The molecule has 0 saturated heterocycles. The summed E-state index contributed by atoms with van der Waals surface area (Å²) in [5, 5.41) is 2.34. The summed E-state index contributed by atoms with van der Waals surface area (Å²) in [6, 6.07) is 2.69. The third kappa shape index (κ3) is 2.18. The van der Waals surface area contributed by atoms with Crippen LogP contribution in [0.25, 0.3) is 0 Å². The van der Waals surface area contributed by atoms with E-state index in [1.165, 1.54) is 6.26 Å². The second kappa shape index (κ2) is 4.72. The molecule has 1 heterocycles. The van der Waals surface area contributed by atoms with E-state index in [0.717, 1.165) is 0 Å².